The van der Waals surface area contributed by atoms with Crippen LogP contribution in [0.5, 0.6) is 0 Å². The molecule has 0 aliphatic carbocycles. The maximum absolute atomic E-state index is 2.47. The van der Waals surface area contributed by atoms with Crippen molar-refractivity contribution >= 4 is 77.6 Å². The average Bonchev–Trinajstić information content (AvgIpc) is 4.02. The Morgan fingerprint density at radius 1 is 0.322 bits per heavy atom. The Hall–Kier alpha value is -7.82. The van der Waals surface area contributed by atoms with E-state index in [1.807, 2.05) is 0 Å². The number of fused-ring (bicyclic) bond motifs is 9. The highest BCUT2D eigenvalue weighted by molar-refractivity contribution is 6.23. The van der Waals surface area contributed by atoms with Crippen LogP contribution in [-0.4, -0.2) is 18.3 Å². The minimum Gasteiger partial charge on any atom is -0.316 e. The highest BCUT2D eigenvalue weighted by atomic mass is 15.0. The van der Waals surface area contributed by atoms with Crippen molar-refractivity contribution in [3.8, 4) is 22.7 Å². The highest BCUT2D eigenvalue weighted by Gasteiger charge is 2.21. The summed E-state index contributed by atoms with van der Waals surface area (Å²) in [7, 11) is 0. The maximum Gasteiger partial charge on any atom is 0.0788 e. The Bertz CT molecular complexity index is 3590. The second-order valence-corrected chi connectivity index (χ2v) is 15.4. The zero-order chi connectivity index (χ0) is 39.0. The minimum atomic E-state index is 1.13. The molecular weight excluding hydrogens is 717 g/mol. The molecule has 12 rings (SSSR count). The van der Waals surface area contributed by atoms with Crippen molar-refractivity contribution in [1.82, 2.24) is 18.3 Å². The molecule has 8 aromatic carbocycles. The van der Waals surface area contributed by atoms with Gasteiger partial charge in [0.05, 0.1) is 33.1 Å². The maximum atomic E-state index is 2.47. The molecule has 0 N–H and O–H groups in total. The predicted molar refractivity (Wildman–Crippen MR) is 249 cm³/mol. The van der Waals surface area contributed by atoms with Gasteiger partial charge in [-0.05, 0) is 79.7 Å². The van der Waals surface area contributed by atoms with Crippen molar-refractivity contribution in [2.24, 2.45) is 0 Å². The first-order chi connectivity index (χ1) is 29.2. The summed E-state index contributed by atoms with van der Waals surface area (Å²) >= 11 is 0. The third-order valence-electron chi connectivity index (χ3n) is 12.2. The van der Waals surface area contributed by atoms with Gasteiger partial charge in [0, 0.05) is 78.1 Å². The van der Waals surface area contributed by atoms with E-state index in [0.29, 0.717) is 0 Å². The molecule has 0 fully saturated rings. The van der Waals surface area contributed by atoms with Gasteiger partial charge in [0.25, 0.3) is 0 Å². The highest BCUT2D eigenvalue weighted by Crippen LogP contribution is 2.42. The summed E-state index contributed by atoms with van der Waals surface area (Å²) in [6.45, 7) is 2.24. The summed E-state index contributed by atoms with van der Waals surface area (Å²) in [4.78, 5) is 0. The van der Waals surface area contributed by atoms with Crippen LogP contribution < -0.4 is 0 Å². The van der Waals surface area contributed by atoms with E-state index in [1.54, 1.807) is 0 Å². The van der Waals surface area contributed by atoms with Gasteiger partial charge in [0.2, 0.25) is 0 Å². The minimum absolute atomic E-state index is 1.13. The van der Waals surface area contributed by atoms with E-state index in [9.17, 15) is 0 Å². The van der Waals surface area contributed by atoms with Crippen molar-refractivity contribution in [3.63, 3.8) is 0 Å². The monoisotopic (exact) mass is 754 g/mol. The van der Waals surface area contributed by atoms with E-state index in [4.69, 9.17) is 0 Å². The van der Waals surface area contributed by atoms with E-state index in [0.717, 1.165) is 22.7 Å². The Labute approximate surface area is 341 Å². The number of rotatable bonds is 6. The molecule has 0 aliphatic heterocycles. The van der Waals surface area contributed by atoms with Gasteiger partial charge in [-0.3, -0.25) is 0 Å². The van der Waals surface area contributed by atoms with Crippen molar-refractivity contribution in [3.05, 3.63) is 217 Å². The Kier molecular flexibility index (Phi) is 7.41. The third-order valence-corrected chi connectivity index (χ3v) is 12.2. The molecule has 0 aliphatic rings. The smallest absolute Gasteiger partial charge is 0.0788 e. The third kappa shape index (κ3) is 5.03. The molecule has 12 aromatic rings. The summed E-state index contributed by atoms with van der Waals surface area (Å²) < 4.78 is 9.61. The van der Waals surface area contributed by atoms with Gasteiger partial charge in [-0.15, -0.1) is 0 Å². The summed E-state index contributed by atoms with van der Waals surface area (Å²) in [6, 6.07) is 70.1. The molecule has 0 bridgehead atoms. The van der Waals surface area contributed by atoms with Gasteiger partial charge in [0.15, 0.2) is 0 Å². The Morgan fingerprint density at radius 2 is 0.746 bits per heavy atom. The molecule has 0 spiro atoms. The average molecular weight is 755 g/mol. The van der Waals surface area contributed by atoms with Crippen LogP contribution in [-0.2, 0) is 0 Å². The fourth-order valence-corrected chi connectivity index (χ4v) is 9.61. The summed E-state index contributed by atoms with van der Waals surface area (Å²) in [5.41, 5.74) is 15.4. The van der Waals surface area contributed by atoms with Crippen molar-refractivity contribution in [1.29, 1.82) is 0 Å². The van der Waals surface area contributed by atoms with E-state index in [2.05, 4.69) is 238 Å². The molecule has 4 heterocycles. The number of nitrogens with zero attached hydrogens (tertiary/aromatic N) is 4. The molecule has 0 radical (unpaired) electrons. The number of hydrogen-bond acceptors (Lipinski definition) is 0. The molecule has 0 unspecified atom stereocenters. The van der Waals surface area contributed by atoms with E-state index in [-0.39, 0.29) is 0 Å². The number of hydrogen-bond donors (Lipinski definition) is 0. The SMILES string of the molecule is Cc1c(/C=C\c2cn(-c3ccccc3)c3ccccc23)c2ccccc2n1-c1ccc(-n2c3ccccc3c3ccc4c5ccccc5n(-c5ccccc5)c4c32)cc1. The van der Waals surface area contributed by atoms with Crippen molar-refractivity contribution in [2.75, 3.05) is 0 Å². The molecule has 0 atom stereocenters. The number of para-hydroxylation sites is 6. The van der Waals surface area contributed by atoms with Gasteiger partial charge in [0.1, 0.15) is 0 Å². The Morgan fingerprint density at radius 3 is 1.32 bits per heavy atom. The van der Waals surface area contributed by atoms with Gasteiger partial charge < -0.3 is 18.3 Å². The molecule has 0 amide bonds. The van der Waals surface area contributed by atoms with Crippen molar-refractivity contribution < 1.29 is 0 Å². The normalized spacial score (nSPS) is 12.1. The van der Waals surface area contributed by atoms with E-state index >= 15 is 0 Å². The van der Waals surface area contributed by atoms with Crippen LogP contribution in [0.3, 0.4) is 0 Å². The van der Waals surface area contributed by atoms with Crippen LogP contribution >= 0.6 is 0 Å². The van der Waals surface area contributed by atoms with Crippen LogP contribution in [0.4, 0.5) is 0 Å². The molecule has 59 heavy (non-hydrogen) atoms. The van der Waals surface area contributed by atoms with Crippen molar-refractivity contribution in [2.45, 2.75) is 6.92 Å². The van der Waals surface area contributed by atoms with Crippen LogP contribution in [0.2, 0.25) is 0 Å². The lowest BCUT2D eigenvalue weighted by Gasteiger charge is -2.14. The Balaban J connectivity index is 1.02. The second kappa shape index (κ2) is 13.1. The van der Waals surface area contributed by atoms with Crippen LogP contribution in [0.25, 0.3) is 100 Å². The summed E-state index contributed by atoms with van der Waals surface area (Å²) in [5, 5.41) is 7.45. The van der Waals surface area contributed by atoms with Gasteiger partial charge in [-0.1, -0.05) is 133 Å². The zero-order valence-electron chi connectivity index (χ0n) is 32.5. The molecule has 4 aromatic heterocycles. The predicted octanol–water partition coefficient (Wildman–Crippen LogP) is 14.2. The van der Waals surface area contributed by atoms with Crippen LogP contribution in [0.1, 0.15) is 16.8 Å². The molecular formula is C55H38N4. The number of aromatic nitrogens is 4. The molecule has 0 saturated heterocycles. The molecule has 0 saturated carbocycles. The first-order valence-corrected chi connectivity index (χ1v) is 20.3. The number of benzene rings is 8. The van der Waals surface area contributed by atoms with E-state index < -0.39 is 0 Å². The lowest BCUT2D eigenvalue weighted by atomic mass is 10.1. The fraction of sp³-hybridized carbons (Fsp3) is 0.0182. The van der Waals surface area contributed by atoms with Gasteiger partial charge in [-0.2, -0.15) is 0 Å². The topological polar surface area (TPSA) is 19.7 Å². The standard InChI is InChI=1S/C55H38N4/c1-37-43(33-28-38-36-56(39-16-4-2-5-17-39)50-24-12-8-20-44(38)50)45-21-9-13-25-51(45)57(37)41-29-31-42(32-30-41)59-53-27-15-11-23-47(53)49-35-34-48-46-22-10-14-26-52(46)58(54(48)55(49)59)40-18-6-3-7-19-40/h2-36H,1H3/b33-28-. The quantitative estimate of drug-likeness (QED) is 0.161. The lowest BCUT2D eigenvalue weighted by Crippen LogP contribution is -2.00. The fourth-order valence-electron chi connectivity index (χ4n) is 9.61. The molecule has 4 nitrogen and oxygen atoms in total. The zero-order valence-corrected chi connectivity index (χ0v) is 32.5. The van der Waals surface area contributed by atoms with Gasteiger partial charge in [-0.25, -0.2) is 0 Å². The van der Waals surface area contributed by atoms with Crippen LogP contribution in [0, 0.1) is 6.92 Å². The molecule has 278 valence electrons. The first-order valence-electron chi connectivity index (χ1n) is 20.3. The summed E-state index contributed by atoms with van der Waals surface area (Å²) in [5.74, 6) is 0. The molecule has 4 heteroatoms. The lowest BCUT2D eigenvalue weighted by molar-refractivity contribution is 1.05. The van der Waals surface area contributed by atoms with E-state index in [1.165, 1.54) is 82.2 Å². The summed E-state index contributed by atoms with van der Waals surface area (Å²) in [6.07, 6.45) is 6.84. The largest absolute Gasteiger partial charge is 0.316 e. The first kappa shape index (κ1) is 33.3. The van der Waals surface area contributed by atoms with Gasteiger partial charge >= 0.3 is 0 Å². The van der Waals surface area contributed by atoms with Crippen LogP contribution in [0.15, 0.2) is 200 Å². The second-order valence-electron chi connectivity index (χ2n) is 15.4.